The van der Waals surface area contributed by atoms with E-state index in [2.05, 4.69) is 50.4 Å². The van der Waals surface area contributed by atoms with E-state index < -0.39 is 20.0 Å². The van der Waals surface area contributed by atoms with Gasteiger partial charge in [-0.2, -0.15) is 0 Å². The molecule has 0 aliphatic heterocycles. The Bertz CT molecular complexity index is 1480. The van der Waals surface area contributed by atoms with E-state index in [1.807, 2.05) is 33.3 Å². The smallest absolute Gasteiger partial charge is 0.456 e. The number of carbonyl (C=O) groups is 2. The molecule has 1 amide bonds. The van der Waals surface area contributed by atoms with E-state index in [0.29, 0.717) is 23.9 Å². The zero-order valence-electron chi connectivity index (χ0n) is 54.8. The van der Waals surface area contributed by atoms with E-state index in [1.54, 1.807) is 0 Å². The average Bonchev–Trinajstić information content (AvgIpc) is 3.44. The van der Waals surface area contributed by atoms with Gasteiger partial charge in [0.2, 0.25) is 5.91 Å². The van der Waals surface area contributed by atoms with Crippen molar-refractivity contribution in [3.05, 3.63) is 36.5 Å². The summed E-state index contributed by atoms with van der Waals surface area (Å²) in [6.45, 7) is 7.06. The molecule has 10 heteroatoms. The maximum atomic E-state index is 13.6. The molecule has 3 atom stereocenters. The predicted molar refractivity (Wildman–Crippen MR) is 351 cm³/mol. The van der Waals surface area contributed by atoms with Crippen molar-refractivity contribution in [2.75, 3.05) is 40.9 Å². The number of hydrogen-bond donors (Lipinski definition) is 2. The summed E-state index contributed by atoms with van der Waals surface area (Å²) in [6, 6.07) is -0.848. The summed E-state index contributed by atoms with van der Waals surface area (Å²) in [5.41, 5.74) is 0. The lowest BCUT2D eigenvalue weighted by atomic mass is 10.0. The maximum Gasteiger partial charge on any atom is 0.472 e. The SMILES string of the molecule is CCCCCCCC/C=C/CCCCCCCCCCCCCCCCCC(=O)OC(/C=C\CCCCCCCCCCCCC)C(COP(=O)(O)OCC[N+](C)(C)C)NC(=O)CCCCCCCCC/C=C/CCCCCCCC. The van der Waals surface area contributed by atoms with Crippen LogP contribution in [-0.2, 0) is 27.9 Å². The van der Waals surface area contributed by atoms with Crippen LogP contribution in [0, 0.1) is 0 Å². The minimum Gasteiger partial charge on any atom is -0.456 e. The molecule has 0 aliphatic rings. The molecule has 0 rings (SSSR count). The lowest BCUT2D eigenvalue weighted by Gasteiger charge is -2.27. The summed E-state index contributed by atoms with van der Waals surface area (Å²) in [5.74, 6) is -0.492. The Balaban J connectivity index is 5.07. The number of phosphoric ester groups is 1. The van der Waals surface area contributed by atoms with Crippen molar-refractivity contribution >= 4 is 19.7 Å². The Kier molecular flexibility index (Phi) is 60.0. The van der Waals surface area contributed by atoms with Gasteiger partial charge < -0.3 is 19.4 Å². The lowest BCUT2D eigenvalue weighted by Crippen LogP contribution is -2.47. The number of esters is 1. The molecule has 9 nitrogen and oxygen atoms in total. The minimum absolute atomic E-state index is 0.0419. The van der Waals surface area contributed by atoms with Gasteiger partial charge in [-0.1, -0.05) is 295 Å². The fraction of sp³-hybridized carbons (Fsp3) is 0.887. The molecule has 0 spiro atoms. The Labute approximate surface area is 504 Å². The molecule has 0 aliphatic carbocycles. The third-order valence-corrected chi connectivity index (χ3v) is 17.0. The first-order valence-electron chi connectivity index (χ1n) is 35.3. The molecule has 0 saturated carbocycles. The highest BCUT2D eigenvalue weighted by atomic mass is 31.2. The molecule has 2 N–H and O–H groups in total. The predicted octanol–water partition coefficient (Wildman–Crippen LogP) is 22.2. The molecule has 0 aromatic rings. The molecular weight excluding hydrogens is 1020 g/mol. The van der Waals surface area contributed by atoms with Crippen LogP contribution in [0.1, 0.15) is 355 Å². The van der Waals surface area contributed by atoms with Crippen LogP contribution in [0.3, 0.4) is 0 Å². The number of nitrogens with one attached hydrogen (secondary N) is 1. The van der Waals surface area contributed by atoms with Crippen molar-refractivity contribution in [2.45, 2.75) is 367 Å². The molecular formula is C71H138N2O7P+. The molecule has 0 radical (unpaired) electrons. The third-order valence-electron chi connectivity index (χ3n) is 16.1. The fourth-order valence-electron chi connectivity index (χ4n) is 10.6. The first kappa shape index (κ1) is 79.2. The van der Waals surface area contributed by atoms with E-state index >= 15 is 0 Å². The highest BCUT2D eigenvalue weighted by molar-refractivity contribution is 7.47. The van der Waals surface area contributed by atoms with Crippen LogP contribution in [0.15, 0.2) is 36.5 Å². The Morgan fingerprint density at radius 2 is 0.716 bits per heavy atom. The number of likely N-dealkylation sites (N-methyl/N-ethyl adjacent to an activating group) is 1. The summed E-state index contributed by atoms with van der Waals surface area (Å²) in [4.78, 5) is 37.9. The summed E-state index contributed by atoms with van der Waals surface area (Å²) < 4.78 is 30.8. The summed E-state index contributed by atoms with van der Waals surface area (Å²) in [7, 11) is 1.51. The molecule has 0 fully saturated rings. The van der Waals surface area contributed by atoms with E-state index in [4.69, 9.17) is 13.8 Å². The van der Waals surface area contributed by atoms with E-state index in [0.717, 1.165) is 57.8 Å². The topological polar surface area (TPSA) is 111 Å². The van der Waals surface area contributed by atoms with Gasteiger partial charge in [-0.15, -0.1) is 0 Å². The van der Waals surface area contributed by atoms with Gasteiger partial charge in [0.15, 0.2) is 0 Å². The van der Waals surface area contributed by atoms with Crippen LogP contribution in [0.25, 0.3) is 0 Å². The second-order valence-electron chi connectivity index (χ2n) is 25.4. The maximum absolute atomic E-state index is 13.6. The summed E-state index contributed by atoms with van der Waals surface area (Å²) >= 11 is 0. The lowest BCUT2D eigenvalue weighted by molar-refractivity contribution is -0.870. The number of quaternary nitrogens is 1. The van der Waals surface area contributed by atoms with Crippen LogP contribution in [-0.4, -0.2) is 74.3 Å². The van der Waals surface area contributed by atoms with Crippen LogP contribution in [0.2, 0.25) is 0 Å². The molecule has 478 valence electrons. The standard InChI is InChI=1S/C71H137N2O7P/c1-7-10-13-16-19-22-25-28-30-32-33-34-35-36-37-38-39-41-43-46-49-52-55-58-61-64-71(75)80-69(62-59-56-53-50-47-44-27-24-21-18-15-12-9-3)68(67-79-81(76,77)78-66-65-73(4,5)6)72-70(74)63-60-57-54-51-48-45-42-40-31-29-26-23-20-17-14-11-8-2/h28-31,59,62,68-69H,7-27,32-58,60-61,63-67H2,1-6H3,(H-,72,74,76,77)/p+1/b30-28+,31-29+,62-59-. The molecule has 0 heterocycles. The zero-order valence-corrected chi connectivity index (χ0v) is 55.7. The number of allylic oxidation sites excluding steroid dienone is 5. The third kappa shape index (κ3) is 62.6. The Morgan fingerprint density at radius 3 is 1.05 bits per heavy atom. The number of phosphoric acid groups is 1. The van der Waals surface area contributed by atoms with Gasteiger partial charge in [0, 0.05) is 12.8 Å². The second-order valence-corrected chi connectivity index (χ2v) is 26.9. The van der Waals surface area contributed by atoms with Crippen molar-refractivity contribution in [1.82, 2.24) is 5.32 Å². The number of nitrogens with zero attached hydrogens (tertiary/aromatic N) is 1. The van der Waals surface area contributed by atoms with Crippen molar-refractivity contribution < 1.29 is 37.3 Å². The molecule has 0 aromatic heterocycles. The van der Waals surface area contributed by atoms with Crippen LogP contribution in [0.4, 0.5) is 0 Å². The fourth-order valence-corrected chi connectivity index (χ4v) is 11.3. The summed E-state index contributed by atoms with van der Waals surface area (Å²) in [5, 5.41) is 3.07. The van der Waals surface area contributed by atoms with Gasteiger partial charge in [-0.25, -0.2) is 4.57 Å². The molecule has 0 aromatic carbocycles. The van der Waals surface area contributed by atoms with Crippen LogP contribution >= 0.6 is 7.82 Å². The average molecular weight is 1160 g/mol. The second kappa shape index (κ2) is 61.3. The van der Waals surface area contributed by atoms with Gasteiger partial charge in [-0.3, -0.25) is 18.6 Å². The largest absolute Gasteiger partial charge is 0.472 e. The molecule has 3 unspecified atom stereocenters. The number of amides is 1. The van der Waals surface area contributed by atoms with Crippen molar-refractivity contribution in [1.29, 1.82) is 0 Å². The van der Waals surface area contributed by atoms with Crippen molar-refractivity contribution in [3.8, 4) is 0 Å². The molecule has 0 saturated heterocycles. The first-order valence-corrected chi connectivity index (χ1v) is 36.8. The van der Waals surface area contributed by atoms with Gasteiger partial charge in [0.1, 0.15) is 19.3 Å². The van der Waals surface area contributed by atoms with E-state index in [1.165, 1.54) is 263 Å². The van der Waals surface area contributed by atoms with Gasteiger partial charge in [-0.05, 0) is 83.1 Å². The monoisotopic (exact) mass is 1160 g/mol. The minimum atomic E-state index is -4.45. The highest BCUT2D eigenvalue weighted by Crippen LogP contribution is 2.43. The molecule has 0 bridgehead atoms. The van der Waals surface area contributed by atoms with Crippen molar-refractivity contribution in [3.63, 3.8) is 0 Å². The zero-order chi connectivity index (χ0) is 59.3. The number of hydrogen-bond acceptors (Lipinski definition) is 6. The highest BCUT2D eigenvalue weighted by Gasteiger charge is 2.30. The normalized spacial score (nSPS) is 13.7. The quantitative estimate of drug-likeness (QED) is 0.0205. The number of rotatable bonds is 65. The first-order chi connectivity index (χ1) is 39.4. The van der Waals surface area contributed by atoms with Crippen molar-refractivity contribution in [2.24, 2.45) is 0 Å². The van der Waals surface area contributed by atoms with Gasteiger partial charge in [0.05, 0.1) is 33.8 Å². The Morgan fingerprint density at radius 1 is 0.420 bits per heavy atom. The summed E-state index contributed by atoms with van der Waals surface area (Å²) in [6.07, 6.45) is 75.8. The van der Waals surface area contributed by atoms with Crippen LogP contribution in [0.5, 0.6) is 0 Å². The van der Waals surface area contributed by atoms with Gasteiger partial charge >= 0.3 is 13.8 Å². The molecule has 81 heavy (non-hydrogen) atoms. The number of carbonyl (C=O) groups excluding carboxylic acids is 2. The Hall–Kier alpha value is -1.77. The van der Waals surface area contributed by atoms with E-state index in [-0.39, 0.29) is 25.1 Å². The van der Waals surface area contributed by atoms with Crippen LogP contribution < -0.4 is 5.32 Å². The van der Waals surface area contributed by atoms with E-state index in [9.17, 15) is 19.0 Å². The van der Waals surface area contributed by atoms with Gasteiger partial charge in [0.25, 0.3) is 0 Å². The number of unbranched alkanes of at least 4 members (excludes halogenated alkanes) is 45. The number of ether oxygens (including phenoxy) is 1.